The van der Waals surface area contributed by atoms with E-state index in [1.165, 1.54) is 0 Å². The number of nitriles is 1. The first-order chi connectivity index (χ1) is 9.69. The van der Waals surface area contributed by atoms with Gasteiger partial charge in [0.1, 0.15) is 0 Å². The van der Waals surface area contributed by atoms with E-state index in [4.69, 9.17) is 5.26 Å². The highest BCUT2D eigenvalue weighted by molar-refractivity contribution is 6.02. The third-order valence-electron chi connectivity index (χ3n) is 3.34. The van der Waals surface area contributed by atoms with Crippen LogP contribution in [0.3, 0.4) is 0 Å². The van der Waals surface area contributed by atoms with Gasteiger partial charge < -0.3 is 0 Å². The summed E-state index contributed by atoms with van der Waals surface area (Å²) in [4.78, 5) is 12.5. The Labute approximate surface area is 116 Å². The highest BCUT2D eigenvalue weighted by Gasteiger charge is 2.11. The standard InChI is InChI=1S/C17H12N2O/c1-12-2-5-14(6-3-12)17(20)19-9-8-15-10-13(11-18)4-7-16(15)19/h2-10H,1H3. The number of carbonyl (C=O) groups excluding carboxylic acids is 1. The third-order valence-corrected chi connectivity index (χ3v) is 3.34. The predicted molar refractivity (Wildman–Crippen MR) is 77.6 cm³/mol. The van der Waals surface area contributed by atoms with E-state index >= 15 is 0 Å². The molecule has 0 amide bonds. The van der Waals surface area contributed by atoms with Crippen molar-refractivity contribution in [2.24, 2.45) is 0 Å². The van der Waals surface area contributed by atoms with Crippen molar-refractivity contribution in [1.29, 1.82) is 5.26 Å². The largest absolute Gasteiger partial charge is 0.283 e. The van der Waals surface area contributed by atoms with Crippen molar-refractivity contribution in [3.63, 3.8) is 0 Å². The van der Waals surface area contributed by atoms with Gasteiger partial charge in [0, 0.05) is 17.1 Å². The molecule has 0 fully saturated rings. The fourth-order valence-corrected chi connectivity index (χ4v) is 2.22. The lowest BCUT2D eigenvalue weighted by atomic mass is 10.1. The summed E-state index contributed by atoms with van der Waals surface area (Å²) >= 11 is 0. The average Bonchev–Trinajstić information content (AvgIpc) is 2.90. The normalized spacial score (nSPS) is 10.4. The van der Waals surface area contributed by atoms with Crippen molar-refractivity contribution in [2.75, 3.05) is 0 Å². The van der Waals surface area contributed by atoms with Crippen molar-refractivity contribution in [3.8, 4) is 6.07 Å². The van der Waals surface area contributed by atoms with Crippen LogP contribution in [-0.2, 0) is 0 Å². The Hall–Kier alpha value is -2.86. The van der Waals surface area contributed by atoms with Crippen molar-refractivity contribution in [3.05, 3.63) is 71.4 Å². The van der Waals surface area contributed by atoms with Gasteiger partial charge in [-0.25, -0.2) is 0 Å². The minimum atomic E-state index is -0.0651. The highest BCUT2D eigenvalue weighted by atomic mass is 16.2. The lowest BCUT2D eigenvalue weighted by Crippen LogP contribution is -2.10. The summed E-state index contributed by atoms with van der Waals surface area (Å²) in [5, 5.41) is 9.79. The zero-order chi connectivity index (χ0) is 14.1. The molecule has 1 aromatic heterocycles. The number of aromatic nitrogens is 1. The van der Waals surface area contributed by atoms with Gasteiger partial charge >= 0.3 is 0 Å². The summed E-state index contributed by atoms with van der Waals surface area (Å²) in [5.74, 6) is -0.0651. The van der Waals surface area contributed by atoms with Gasteiger partial charge in [-0.05, 0) is 43.3 Å². The lowest BCUT2D eigenvalue weighted by Gasteiger charge is -2.04. The first kappa shape index (κ1) is 12.2. The van der Waals surface area contributed by atoms with E-state index in [9.17, 15) is 4.79 Å². The molecule has 0 saturated heterocycles. The molecule has 3 nitrogen and oxygen atoms in total. The van der Waals surface area contributed by atoms with Crippen molar-refractivity contribution in [1.82, 2.24) is 4.57 Å². The molecule has 0 saturated carbocycles. The van der Waals surface area contributed by atoms with Crippen LogP contribution >= 0.6 is 0 Å². The van der Waals surface area contributed by atoms with E-state index < -0.39 is 0 Å². The Morgan fingerprint density at radius 1 is 1.10 bits per heavy atom. The van der Waals surface area contributed by atoms with Crippen LogP contribution in [0.15, 0.2) is 54.7 Å². The fourth-order valence-electron chi connectivity index (χ4n) is 2.22. The molecule has 2 aromatic carbocycles. The number of carbonyl (C=O) groups is 1. The topological polar surface area (TPSA) is 45.8 Å². The van der Waals surface area contributed by atoms with E-state index in [1.807, 2.05) is 37.3 Å². The molecule has 0 spiro atoms. The molecule has 96 valence electrons. The molecule has 0 atom stereocenters. The molecule has 1 heterocycles. The molecule has 20 heavy (non-hydrogen) atoms. The van der Waals surface area contributed by atoms with Crippen LogP contribution in [-0.4, -0.2) is 10.5 Å². The molecular weight excluding hydrogens is 248 g/mol. The molecule has 3 heteroatoms. The first-order valence-corrected chi connectivity index (χ1v) is 6.31. The Morgan fingerprint density at radius 2 is 1.85 bits per heavy atom. The van der Waals surface area contributed by atoms with Gasteiger partial charge in [-0.15, -0.1) is 0 Å². The monoisotopic (exact) mass is 260 g/mol. The van der Waals surface area contributed by atoms with Crippen LogP contribution in [0.25, 0.3) is 10.9 Å². The first-order valence-electron chi connectivity index (χ1n) is 6.31. The molecule has 0 aliphatic rings. The van der Waals surface area contributed by atoms with Gasteiger partial charge in [0.05, 0.1) is 17.1 Å². The van der Waals surface area contributed by atoms with Crippen LogP contribution in [0, 0.1) is 18.3 Å². The summed E-state index contributed by atoms with van der Waals surface area (Å²) in [6, 6.07) is 16.8. The molecule has 0 aliphatic carbocycles. The number of nitrogens with zero attached hydrogens (tertiary/aromatic N) is 2. The molecule has 0 unspecified atom stereocenters. The number of hydrogen-bond acceptors (Lipinski definition) is 2. The Bertz CT molecular complexity index is 836. The zero-order valence-electron chi connectivity index (χ0n) is 11.0. The van der Waals surface area contributed by atoms with Gasteiger partial charge in [0.2, 0.25) is 0 Å². The summed E-state index contributed by atoms with van der Waals surface area (Å²) in [6.07, 6.45) is 1.74. The lowest BCUT2D eigenvalue weighted by molar-refractivity contribution is 0.0965. The summed E-state index contributed by atoms with van der Waals surface area (Å²) in [7, 11) is 0. The molecule has 0 radical (unpaired) electrons. The molecule has 0 N–H and O–H groups in total. The highest BCUT2D eigenvalue weighted by Crippen LogP contribution is 2.19. The Kier molecular flexibility index (Phi) is 2.85. The smallest absolute Gasteiger partial charge is 0.262 e. The maximum Gasteiger partial charge on any atom is 0.262 e. The molecule has 0 aliphatic heterocycles. The second-order valence-corrected chi connectivity index (χ2v) is 4.74. The van der Waals surface area contributed by atoms with Crippen molar-refractivity contribution in [2.45, 2.75) is 6.92 Å². The molecular formula is C17H12N2O. The Morgan fingerprint density at radius 3 is 2.55 bits per heavy atom. The van der Waals surface area contributed by atoms with Gasteiger partial charge in [0.15, 0.2) is 0 Å². The summed E-state index contributed by atoms with van der Waals surface area (Å²) < 4.78 is 1.61. The number of benzene rings is 2. The van der Waals surface area contributed by atoms with E-state index in [0.29, 0.717) is 11.1 Å². The number of aryl methyl sites for hydroxylation is 1. The summed E-state index contributed by atoms with van der Waals surface area (Å²) in [6.45, 7) is 1.99. The van der Waals surface area contributed by atoms with Crippen molar-refractivity contribution < 1.29 is 4.79 Å². The van der Waals surface area contributed by atoms with Gasteiger partial charge in [-0.1, -0.05) is 17.7 Å². The minimum absolute atomic E-state index is 0.0651. The van der Waals surface area contributed by atoms with Gasteiger partial charge in [0.25, 0.3) is 5.91 Å². The maximum atomic E-state index is 12.5. The van der Waals surface area contributed by atoms with Crippen molar-refractivity contribution >= 4 is 16.8 Å². The van der Waals surface area contributed by atoms with E-state index in [2.05, 4.69) is 6.07 Å². The maximum absolute atomic E-state index is 12.5. The fraction of sp³-hybridized carbons (Fsp3) is 0.0588. The predicted octanol–water partition coefficient (Wildman–Crippen LogP) is 3.51. The van der Waals surface area contributed by atoms with E-state index in [-0.39, 0.29) is 5.91 Å². The second-order valence-electron chi connectivity index (χ2n) is 4.74. The van der Waals surface area contributed by atoms with Crippen LogP contribution in [0.4, 0.5) is 0 Å². The minimum Gasteiger partial charge on any atom is -0.283 e. The number of fused-ring (bicyclic) bond motifs is 1. The van der Waals surface area contributed by atoms with Crippen LogP contribution in [0.5, 0.6) is 0 Å². The van der Waals surface area contributed by atoms with Gasteiger partial charge in [-0.2, -0.15) is 5.26 Å². The SMILES string of the molecule is Cc1ccc(C(=O)n2ccc3cc(C#N)ccc32)cc1. The molecule has 3 aromatic rings. The third kappa shape index (κ3) is 1.98. The zero-order valence-corrected chi connectivity index (χ0v) is 11.0. The van der Waals surface area contributed by atoms with Crippen LogP contribution < -0.4 is 0 Å². The second kappa shape index (κ2) is 4.67. The Balaban J connectivity index is 2.08. The number of rotatable bonds is 1. The molecule has 3 rings (SSSR count). The van der Waals surface area contributed by atoms with Crippen LogP contribution in [0.2, 0.25) is 0 Å². The quantitative estimate of drug-likeness (QED) is 0.672. The number of hydrogen-bond donors (Lipinski definition) is 0. The van der Waals surface area contributed by atoms with E-state index in [1.54, 1.807) is 29.0 Å². The van der Waals surface area contributed by atoms with E-state index in [0.717, 1.165) is 16.5 Å². The average molecular weight is 260 g/mol. The van der Waals surface area contributed by atoms with Crippen LogP contribution in [0.1, 0.15) is 21.5 Å². The molecule has 0 bridgehead atoms. The summed E-state index contributed by atoms with van der Waals surface area (Å²) in [5.41, 5.74) is 3.18. The van der Waals surface area contributed by atoms with Gasteiger partial charge in [-0.3, -0.25) is 9.36 Å².